The molecule has 0 aromatic carbocycles. The predicted octanol–water partition coefficient (Wildman–Crippen LogP) is 1.75. The lowest BCUT2D eigenvalue weighted by Gasteiger charge is -2.42. The summed E-state index contributed by atoms with van der Waals surface area (Å²) in [5.41, 5.74) is 0.254. The molecule has 2 heterocycles. The van der Waals surface area contributed by atoms with Crippen molar-refractivity contribution in [2.75, 3.05) is 43.4 Å². The van der Waals surface area contributed by atoms with Gasteiger partial charge in [0, 0.05) is 44.8 Å². The molecule has 1 aromatic heterocycles. The Hall–Kier alpha value is -1.36. The van der Waals surface area contributed by atoms with E-state index in [9.17, 15) is 0 Å². The number of hydrogen-bond acceptors (Lipinski definition) is 5. The highest BCUT2D eigenvalue weighted by atomic mass is 15.3. The lowest BCUT2D eigenvalue weighted by Crippen LogP contribution is -2.53. The largest absolute Gasteiger partial charge is 0.373 e. The van der Waals surface area contributed by atoms with Crippen molar-refractivity contribution in [2.24, 2.45) is 0 Å². The minimum atomic E-state index is 0.254. The Kier molecular flexibility index (Phi) is 3.94. The zero-order chi connectivity index (χ0) is 14.0. The highest BCUT2D eigenvalue weighted by Gasteiger charge is 2.26. The second-order valence-corrected chi connectivity index (χ2v) is 6.05. The summed E-state index contributed by atoms with van der Waals surface area (Å²) >= 11 is 0. The molecule has 0 amide bonds. The van der Waals surface area contributed by atoms with Gasteiger partial charge in [-0.1, -0.05) is 0 Å². The number of aryl methyl sites for hydroxylation is 1. The first-order valence-electron chi connectivity index (χ1n) is 6.93. The lowest BCUT2D eigenvalue weighted by molar-refractivity contribution is 0.128. The van der Waals surface area contributed by atoms with Gasteiger partial charge < -0.3 is 10.2 Å². The van der Waals surface area contributed by atoms with Gasteiger partial charge in [-0.2, -0.15) is 0 Å². The first-order valence-corrected chi connectivity index (χ1v) is 6.93. The van der Waals surface area contributed by atoms with E-state index in [-0.39, 0.29) is 5.54 Å². The van der Waals surface area contributed by atoms with Crippen molar-refractivity contribution in [1.82, 2.24) is 14.9 Å². The first-order chi connectivity index (χ1) is 8.90. The number of rotatable bonds is 2. The molecule has 19 heavy (non-hydrogen) atoms. The molecule has 0 unspecified atom stereocenters. The van der Waals surface area contributed by atoms with Crippen LogP contribution in [0.25, 0.3) is 0 Å². The summed E-state index contributed by atoms with van der Waals surface area (Å²) in [6.45, 7) is 13.0. The van der Waals surface area contributed by atoms with Gasteiger partial charge in [0.05, 0.1) is 0 Å². The van der Waals surface area contributed by atoms with E-state index in [4.69, 9.17) is 0 Å². The number of piperazine rings is 1. The highest BCUT2D eigenvalue weighted by molar-refractivity contribution is 5.49. The fourth-order valence-electron chi connectivity index (χ4n) is 2.45. The molecule has 5 heteroatoms. The molecule has 2 rings (SSSR count). The quantitative estimate of drug-likeness (QED) is 0.880. The van der Waals surface area contributed by atoms with Gasteiger partial charge in [-0.3, -0.25) is 4.90 Å². The van der Waals surface area contributed by atoms with Crippen LogP contribution in [-0.2, 0) is 0 Å². The third kappa shape index (κ3) is 3.35. The lowest BCUT2D eigenvalue weighted by atomic mass is 10.1. The number of hydrogen-bond donors (Lipinski definition) is 1. The summed E-state index contributed by atoms with van der Waals surface area (Å²) < 4.78 is 0. The van der Waals surface area contributed by atoms with E-state index in [0.717, 1.165) is 43.6 Å². The van der Waals surface area contributed by atoms with Crippen LogP contribution in [0.15, 0.2) is 6.07 Å². The van der Waals surface area contributed by atoms with Crippen LogP contribution < -0.4 is 10.2 Å². The van der Waals surface area contributed by atoms with Crippen LogP contribution >= 0.6 is 0 Å². The van der Waals surface area contributed by atoms with Gasteiger partial charge in [0.15, 0.2) is 0 Å². The fourth-order valence-corrected chi connectivity index (χ4v) is 2.45. The molecule has 0 spiro atoms. The van der Waals surface area contributed by atoms with Crippen molar-refractivity contribution in [1.29, 1.82) is 0 Å². The van der Waals surface area contributed by atoms with Crippen molar-refractivity contribution in [3.05, 3.63) is 11.9 Å². The van der Waals surface area contributed by atoms with E-state index in [1.54, 1.807) is 0 Å². The van der Waals surface area contributed by atoms with Crippen LogP contribution in [-0.4, -0.2) is 53.6 Å². The summed E-state index contributed by atoms with van der Waals surface area (Å²) in [5.74, 6) is 2.74. The predicted molar refractivity (Wildman–Crippen MR) is 79.9 cm³/mol. The van der Waals surface area contributed by atoms with Crippen molar-refractivity contribution >= 4 is 11.6 Å². The minimum absolute atomic E-state index is 0.254. The topological polar surface area (TPSA) is 44.3 Å². The Morgan fingerprint density at radius 3 is 2.26 bits per heavy atom. The molecule has 0 bridgehead atoms. The van der Waals surface area contributed by atoms with E-state index in [0.29, 0.717) is 0 Å². The molecule has 0 radical (unpaired) electrons. The standard InChI is InChI=1S/C14H25N5/c1-11-16-12(15-5)10-13(17-11)18-6-8-19(9-7-18)14(2,3)4/h10H,6-9H2,1-5H3,(H,15,16,17). The van der Waals surface area contributed by atoms with Crippen LogP contribution in [0.5, 0.6) is 0 Å². The fraction of sp³-hybridized carbons (Fsp3) is 0.714. The molecule has 0 aliphatic carbocycles. The Morgan fingerprint density at radius 1 is 1.11 bits per heavy atom. The molecule has 1 aliphatic rings. The molecular formula is C14H25N5. The Balaban J connectivity index is 2.07. The second kappa shape index (κ2) is 5.33. The minimum Gasteiger partial charge on any atom is -0.373 e. The molecule has 1 aromatic rings. The van der Waals surface area contributed by atoms with E-state index >= 15 is 0 Å². The molecule has 1 fully saturated rings. The molecular weight excluding hydrogens is 238 g/mol. The third-order valence-corrected chi connectivity index (χ3v) is 3.63. The number of aromatic nitrogens is 2. The molecule has 1 N–H and O–H groups in total. The Labute approximate surface area is 116 Å². The summed E-state index contributed by atoms with van der Waals surface area (Å²) in [6, 6.07) is 2.03. The number of nitrogens with one attached hydrogen (secondary N) is 1. The maximum atomic E-state index is 4.55. The number of nitrogens with zero attached hydrogens (tertiary/aromatic N) is 4. The van der Waals surface area contributed by atoms with Crippen LogP contribution in [0.2, 0.25) is 0 Å². The molecule has 0 atom stereocenters. The summed E-state index contributed by atoms with van der Waals surface area (Å²) in [5, 5.41) is 3.09. The zero-order valence-corrected chi connectivity index (χ0v) is 12.7. The molecule has 106 valence electrons. The average Bonchev–Trinajstić information content (AvgIpc) is 2.37. The SMILES string of the molecule is CNc1cc(N2CCN(C(C)(C)C)CC2)nc(C)n1. The highest BCUT2D eigenvalue weighted by Crippen LogP contribution is 2.21. The Bertz CT molecular complexity index is 430. The third-order valence-electron chi connectivity index (χ3n) is 3.63. The summed E-state index contributed by atoms with van der Waals surface area (Å²) in [4.78, 5) is 13.8. The van der Waals surface area contributed by atoms with Crippen molar-refractivity contribution in [3.8, 4) is 0 Å². The van der Waals surface area contributed by atoms with E-state index in [1.807, 2.05) is 20.0 Å². The Morgan fingerprint density at radius 2 is 1.74 bits per heavy atom. The van der Waals surface area contributed by atoms with Gasteiger partial charge in [-0.25, -0.2) is 9.97 Å². The van der Waals surface area contributed by atoms with Gasteiger partial charge >= 0.3 is 0 Å². The van der Waals surface area contributed by atoms with Crippen LogP contribution in [0.1, 0.15) is 26.6 Å². The maximum absolute atomic E-state index is 4.55. The van der Waals surface area contributed by atoms with Gasteiger partial charge in [0.1, 0.15) is 17.5 Å². The first kappa shape index (κ1) is 14.1. The van der Waals surface area contributed by atoms with Crippen molar-refractivity contribution in [2.45, 2.75) is 33.2 Å². The van der Waals surface area contributed by atoms with E-state index < -0.39 is 0 Å². The molecule has 5 nitrogen and oxygen atoms in total. The van der Waals surface area contributed by atoms with E-state index in [1.165, 1.54) is 0 Å². The second-order valence-electron chi connectivity index (χ2n) is 6.05. The smallest absolute Gasteiger partial charge is 0.134 e. The monoisotopic (exact) mass is 263 g/mol. The van der Waals surface area contributed by atoms with Crippen molar-refractivity contribution < 1.29 is 0 Å². The van der Waals surface area contributed by atoms with Crippen LogP contribution in [0.4, 0.5) is 11.6 Å². The van der Waals surface area contributed by atoms with Crippen LogP contribution in [0.3, 0.4) is 0 Å². The summed E-state index contributed by atoms with van der Waals surface area (Å²) in [6.07, 6.45) is 0. The zero-order valence-electron chi connectivity index (χ0n) is 12.7. The van der Waals surface area contributed by atoms with Gasteiger partial charge in [0.25, 0.3) is 0 Å². The summed E-state index contributed by atoms with van der Waals surface area (Å²) in [7, 11) is 1.89. The maximum Gasteiger partial charge on any atom is 0.134 e. The number of anilines is 2. The normalized spacial score (nSPS) is 17.6. The van der Waals surface area contributed by atoms with Crippen LogP contribution in [0, 0.1) is 6.92 Å². The molecule has 1 aliphatic heterocycles. The molecule has 0 saturated carbocycles. The average molecular weight is 263 g/mol. The van der Waals surface area contributed by atoms with E-state index in [2.05, 4.69) is 45.9 Å². The molecule has 1 saturated heterocycles. The van der Waals surface area contributed by atoms with Crippen molar-refractivity contribution in [3.63, 3.8) is 0 Å². The van der Waals surface area contributed by atoms with Gasteiger partial charge in [-0.05, 0) is 27.7 Å². The van der Waals surface area contributed by atoms with Gasteiger partial charge in [0.2, 0.25) is 0 Å². The van der Waals surface area contributed by atoms with Gasteiger partial charge in [-0.15, -0.1) is 0 Å².